The van der Waals surface area contributed by atoms with Crippen LogP contribution in [0.5, 0.6) is 0 Å². The molecule has 0 aliphatic heterocycles. The summed E-state index contributed by atoms with van der Waals surface area (Å²) in [6.07, 6.45) is 89.4. The van der Waals surface area contributed by atoms with E-state index in [4.69, 9.17) is 4.74 Å². The van der Waals surface area contributed by atoms with Crippen LogP contribution in [0.25, 0.3) is 0 Å². The van der Waals surface area contributed by atoms with E-state index in [2.05, 4.69) is 41.5 Å². The highest BCUT2D eigenvalue weighted by Gasteiger charge is 2.25. The molecule has 0 aromatic carbocycles. The summed E-state index contributed by atoms with van der Waals surface area (Å²) < 4.78 is 6.80. The fourth-order valence-electron chi connectivity index (χ4n) is 13.7. The second-order valence-corrected chi connectivity index (χ2v) is 28.3. The van der Waals surface area contributed by atoms with Crippen LogP contribution in [0.4, 0.5) is 0 Å². The molecule has 0 rings (SSSR count). The summed E-state index contributed by atoms with van der Waals surface area (Å²) in [4.78, 5) is 14.6. The van der Waals surface area contributed by atoms with Crippen LogP contribution in [0.1, 0.15) is 465 Å². The first-order chi connectivity index (χ1) is 40.4. The number of hydrogen-bond donors (Lipinski definition) is 1. The molecule has 0 saturated carbocycles. The monoisotopic (exact) mass is 1160 g/mol. The molecule has 0 saturated heterocycles. The summed E-state index contributed by atoms with van der Waals surface area (Å²) in [6.45, 7) is 14.3. The van der Waals surface area contributed by atoms with Crippen molar-refractivity contribution in [2.24, 2.45) is 23.7 Å². The number of carbonyl (C=O) groups excluding carboxylic acids is 1. The Morgan fingerprint density at radius 1 is 0.256 bits per heavy atom. The largest absolute Gasteiger partial charge is 0.462 e. The Labute approximate surface area is 519 Å². The topological polar surface area (TPSA) is 46.5 Å². The standard InChI is InChI=1S/C79H158O3/c1-7-11-15-19-23-26-29-32-35-37-40-44-50-55-64-75(63-54-49-43-39-36-33-30-27-24-20-16-12-8-2)70-71-77(67-61-60-62-74(5)6)79(81)82-78(68-58-52-46-41-38-34-31-28-25-21-17-13-9-3)69-59-53-47-42-45-51-57-66-76(72-73-80)65-56-48-22-18-14-10-4/h74-78,80H,7-73H2,1-6H3. The minimum Gasteiger partial charge on any atom is -0.462 e. The molecule has 3 nitrogen and oxygen atoms in total. The summed E-state index contributed by atoms with van der Waals surface area (Å²) in [5.74, 6) is 2.48. The maximum atomic E-state index is 14.6. The average molecular weight is 1160 g/mol. The maximum absolute atomic E-state index is 14.6. The van der Waals surface area contributed by atoms with Gasteiger partial charge in [-0.05, 0) is 69.1 Å². The van der Waals surface area contributed by atoms with Crippen molar-refractivity contribution in [3.8, 4) is 0 Å². The molecule has 0 radical (unpaired) electrons. The van der Waals surface area contributed by atoms with Crippen molar-refractivity contribution in [3.63, 3.8) is 0 Å². The van der Waals surface area contributed by atoms with Crippen LogP contribution in [0.2, 0.25) is 0 Å². The van der Waals surface area contributed by atoms with Gasteiger partial charge in [-0.1, -0.05) is 414 Å². The van der Waals surface area contributed by atoms with E-state index in [-0.39, 0.29) is 18.0 Å². The Kier molecular flexibility index (Phi) is 69.0. The number of carbonyl (C=O) groups is 1. The molecule has 0 aliphatic carbocycles. The van der Waals surface area contributed by atoms with Gasteiger partial charge in [0.15, 0.2) is 0 Å². The van der Waals surface area contributed by atoms with Crippen LogP contribution in [-0.4, -0.2) is 23.8 Å². The van der Waals surface area contributed by atoms with E-state index in [1.54, 1.807) is 0 Å². The van der Waals surface area contributed by atoms with Gasteiger partial charge in [0.2, 0.25) is 0 Å². The third kappa shape index (κ3) is 62.5. The van der Waals surface area contributed by atoms with Gasteiger partial charge in [-0.15, -0.1) is 0 Å². The zero-order valence-corrected chi connectivity index (χ0v) is 58.0. The zero-order chi connectivity index (χ0) is 59.5. The molecular weight excluding hydrogens is 997 g/mol. The Morgan fingerprint density at radius 3 is 0.732 bits per heavy atom. The van der Waals surface area contributed by atoms with Crippen LogP contribution in [0.15, 0.2) is 0 Å². The van der Waals surface area contributed by atoms with Gasteiger partial charge >= 0.3 is 5.97 Å². The van der Waals surface area contributed by atoms with Gasteiger partial charge in [0, 0.05) is 6.61 Å². The fourth-order valence-corrected chi connectivity index (χ4v) is 13.7. The summed E-state index contributed by atoms with van der Waals surface area (Å²) in [5, 5.41) is 9.73. The molecule has 0 heterocycles. The minimum atomic E-state index is 0.0783. The van der Waals surface area contributed by atoms with Crippen LogP contribution < -0.4 is 0 Å². The zero-order valence-electron chi connectivity index (χ0n) is 58.0. The van der Waals surface area contributed by atoms with Gasteiger partial charge in [0.25, 0.3) is 0 Å². The van der Waals surface area contributed by atoms with Gasteiger partial charge in [0.1, 0.15) is 6.10 Å². The second kappa shape index (κ2) is 69.5. The van der Waals surface area contributed by atoms with E-state index in [0.717, 1.165) is 49.9 Å². The Bertz CT molecular complexity index is 1170. The molecule has 82 heavy (non-hydrogen) atoms. The third-order valence-electron chi connectivity index (χ3n) is 19.6. The molecule has 0 amide bonds. The van der Waals surface area contributed by atoms with Crippen LogP contribution >= 0.6 is 0 Å². The first kappa shape index (κ1) is 81.4. The highest BCUT2D eigenvalue weighted by Crippen LogP contribution is 2.30. The van der Waals surface area contributed by atoms with Crippen molar-refractivity contribution in [3.05, 3.63) is 0 Å². The van der Waals surface area contributed by atoms with Crippen molar-refractivity contribution in [1.29, 1.82) is 0 Å². The first-order valence-electron chi connectivity index (χ1n) is 39.2. The lowest BCUT2D eigenvalue weighted by molar-refractivity contribution is -0.155. The normalized spacial score (nSPS) is 13.4. The summed E-state index contributed by atoms with van der Waals surface area (Å²) in [6, 6.07) is 0. The molecule has 492 valence electrons. The smallest absolute Gasteiger partial charge is 0.309 e. The molecule has 4 atom stereocenters. The number of rotatable bonds is 72. The molecule has 0 aromatic heterocycles. The van der Waals surface area contributed by atoms with E-state index < -0.39 is 0 Å². The van der Waals surface area contributed by atoms with Crippen molar-refractivity contribution in [2.45, 2.75) is 471 Å². The lowest BCUT2D eigenvalue weighted by Gasteiger charge is -2.24. The molecule has 0 spiro atoms. The van der Waals surface area contributed by atoms with Gasteiger partial charge in [-0.25, -0.2) is 0 Å². The van der Waals surface area contributed by atoms with E-state index in [1.165, 1.54) is 392 Å². The number of ether oxygens (including phenoxy) is 1. The Hall–Kier alpha value is -0.570. The Balaban J connectivity index is 5.52. The fraction of sp³-hybridized carbons (Fsp3) is 0.987. The SMILES string of the molecule is CCCCCCCCCCCCCCCCC(CCCCCCCCCCCCCCC)CCC(CCCCC(C)C)C(=O)OC(CCCCCCCCCCCCCCC)CCCCCCCCCC(CCO)CCCCCCCC. The quantitative estimate of drug-likeness (QED) is 0.0488. The summed E-state index contributed by atoms with van der Waals surface area (Å²) in [5.41, 5.74) is 0. The number of aliphatic hydroxyl groups excluding tert-OH is 1. The van der Waals surface area contributed by atoms with E-state index in [9.17, 15) is 9.90 Å². The molecule has 0 aliphatic rings. The molecule has 0 aromatic rings. The summed E-state index contributed by atoms with van der Waals surface area (Å²) in [7, 11) is 0. The minimum absolute atomic E-state index is 0.0783. The maximum Gasteiger partial charge on any atom is 0.309 e. The molecular formula is C79H158O3. The molecule has 3 heteroatoms. The van der Waals surface area contributed by atoms with E-state index >= 15 is 0 Å². The van der Waals surface area contributed by atoms with Crippen molar-refractivity contribution >= 4 is 5.97 Å². The summed E-state index contributed by atoms with van der Waals surface area (Å²) >= 11 is 0. The second-order valence-electron chi connectivity index (χ2n) is 28.3. The van der Waals surface area contributed by atoms with Gasteiger partial charge in [0.05, 0.1) is 5.92 Å². The highest BCUT2D eigenvalue weighted by atomic mass is 16.5. The van der Waals surface area contributed by atoms with Crippen molar-refractivity contribution < 1.29 is 14.6 Å². The predicted molar refractivity (Wildman–Crippen MR) is 370 cm³/mol. The van der Waals surface area contributed by atoms with Gasteiger partial charge in [-0.3, -0.25) is 4.79 Å². The van der Waals surface area contributed by atoms with Crippen molar-refractivity contribution in [1.82, 2.24) is 0 Å². The number of aliphatic hydroxyl groups is 1. The molecule has 1 N–H and O–H groups in total. The van der Waals surface area contributed by atoms with E-state index in [1.807, 2.05) is 0 Å². The van der Waals surface area contributed by atoms with Gasteiger partial charge in [-0.2, -0.15) is 0 Å². The Morgan fingerprint density at radius 2 is 0.476 bits per heavy atom. The molecule has 0 bridgehead atoms. The van der Waals surface area contributed by atoms with Crippen LogP contribution in [-0.2, 0) is 9.53 Å². The first-order valence-corrected chi connectivity index (χ1v) is 39.2. The highest BCUT2D eigenvalue weighted by molar-refractivity contribution is 5.72. The molecule has 0 fully saturated rings. The van der Waals surface area contributed by atoms with Crippen LogP contribution in [0, 0.1) is 23.7 Å². The lowest BCUT2D eigenvalue weighted by Crippen LogP contribution is -2.25. The third-order valence-corrected chi connectivity index (χ3v) is 19.6. The number of unbranched alkanes of at least 4 members (excludes halogenated alkanes) is 49. The lowest BCUT2D eigenvalue weighted by atomic mass is 9.86. The van der Waals surface area contributed by atoms with E-state index in [0.29, 0.717) is 6.61 Å². The van der Waals surface area contributed by atoms with Crippen LogP contribution in [0.3, 0.4) is 0 Å². The number of esters is 1. The molecule has 4 unspecified atom stereocenters. The average Bonchev–Trinajstić information content (AvgIpc) is 3.47. The number of hydrogen-bond acceptors (Lipinski definition) is 3. The predicted octanol–water partition coefficient (Wildman–Crippen LogP) is 28.2. The van der Waals surface area contributed by atoms with Crippen molar-refractivity contribution in [2.75, 3.05) is 6.61 Å². The van der Waals surface area contributed by atoms with Gasteiger partial charge < -0.3 is 9.84 Å².